The van der Waals surface area contributed by atoms with E-state index in [0.717, 1.165) is 31.9 Å². The van der Waals surface area contributed by atoms with E-state index < -0.39 is 0 Å². The Balaban J connectivity index is 2.01. The number of anilines is 2. The third-order valence-electron chi connectivity index (χ3n) is 2.69. The van der Waals surface area contributed by atoms with Crippen LogP contribution in [-0.4, -0.2) is 36.8 Å². The lowest BCUT2D eigenvalue weighted by Crippen LogP contribution is -2.22. The maximum Gasteiger partial charge on any atom is 0.134 e. The zero-order valence-electron chi connectivity index (χ0n) is 8.89. The molecule has 0 aromatic carbocycles. The van der Waals surface area contributed by atoms with Gasteiger partial charge >= 0.3 is 0 Å². The zero-order valence-corrected chi connectivity index (χ0v) is 8.89. The van der Waals surface area contributed by atoms with Crippen LogP contribution >= 0.6 is 0 Å². The van der Waals surface area contributed by atoms with Gasteiger partial charge in [0.1, 0.15) is 18.0 Å². The maximum absolute atomic E-state index is 5.62. The Morgan fingerprint density at radius 2 is 2.47 bits per heavy atom. The molecule has 1 aliphatic rings. The Labute approximate surface area is 89.3 Å². The van der Waals surface area contributed by atoms with Crippen molar-refractivity contribution < 1.29 is 4.74 Å². The first-order valence-electron chi connectivity index (χ1n) is 5.11. The molecule has 0 amide bonds. The molecule has 15 heavy (non-hydrogen) atoms. The lowest BCUT2D eigenvalue weighted by molar-refractivity contribution is 0.161. The van der Waals surface area contributed by atoms with Crippen LogP contribution in [0.15, 0.2) is 12.4 Å². The van der Waals surface area contributed by atoms with Gasteiger partial charge in [0, 0.05) is 32.2 Å². The maximum atomic E-state index is 5.62. The molecule has 1 aromatic rings. The minimum Gasteiger partial charge on any atom is -0.384 e. The van der Waals surface area contributed by atoms with E-state index in [9.17, 15) is 0 Å². The number of hydrogen-bond acceptors (Lipinski definition) is 5. The molecule has 1 aromatic heterocycles. The lowest BCUT2D eigenvalue weighted by Gasteiger charge is -2.17. The van der Waals surface area contributed by atoms with Crippen LogP contribution in [0.25, 0.3) is 0 Å². The van der Waals surface area contributed by atoms with E-state index in [-0.39, 0.29) is 0 Å². The summed E-state index contributed by atoms with van der Waals surface area (Å²) in [5.74, 6) is 2.04. The fraction of sp³-hybridized carbons (Fsp3) is 0.600. The van der Waals surface area contributed by atoms with Gasteiger partial charge in [-0.05, 0) is 6.42 Å². The van der Waals surface area contributed by atoms with Crippen molar-refractivity contribution in [2.75, 3.05) is 37.4 Å². The van der Waals surface area contributed by atoms with E-state index in [1.807, 2.05) is 6.07 Å². The molecule has 2 heterocycles. The summed E-state index contributed by atoms with van der Waals surface area (Å²) >= 11 is 0. The number of ether oxygens (including phenoxy) is 1. The molecule has 1 saturated heterocycles. The van der Waals surface area contributed by atoms with E-state index in [4.69, 9.17) is 10.5 Å². The molecule has 2 rings (SSSR count). The van der Waals surface area contributed by atoms with Crippen LogP contribution in [0.3, 0.4) is 0 Å². The molecule has 82 valence electrons. The van der Waals surface area contributed by atoms with Crippen LogP contribution in [0, 0.1) is 5.92 Å². The highest BCUT2D eigenvalue weighted by atomic mass is 16.5. The number of methoxy groups -OCH3 is 1. The van der Waals surface area contributed by atoms with Gasteiger partial charge < -0.3 is 15.4 Å². The van der Waals surface area contributed by atoms with Gasteiger partial charge in [-0.3, -0.25) is 0 Å². The summed E-state index contributed by atoms with van der Waals surface area (Å²) in [6, 6.07) is 1.81. The SMILES string of the molecule is COCC1CCN(c2cc(N)ncn2)C1. The van der Waals surface area contributed by atoms with Gasteiger partial charge in [-0.15, -0.1) is 0 Å². The summed E-state index contributed by atoms with van der Waals surface area (Å²) < 4.78 is 5.15. The van der Waals surface area contributed by atoms with Crippen LogP contribution < -0.4 is 10.6 Å². The van der Waals surface area contributed by atoms with Gasteiger partial charge in [0.15, 0.2) is 0 Å². The molecule has 1 atom stereocenters. The number of nitrogens with two attached hydrogens (primary N) is 1. The lowest BCUT2D eigenvalue weighted by atomic mass is 10.1. The molecule has 0 saturated carbocycles. The second-order valence-electron chi connectivity index (χ2n) is 3.86. The Kier molecular flexibility index (Phi) is 3.01. The minimum atomic E-state index is 0.523. The standard InChI is InChI=1S/C10H16N4O/c1-15-6-8-2-3-14(5-8)10-4-9(11)12-7-13-10/h4,7-8H,2-3,5-6H2,1H3,(H2,11,12,13). The summed E-state index contributed by atoms with van der Waals surface area (Å²) in [5, 5.41) is 0. The third kappa shape index (κ3) is 2.36. The first-order chi connectivity index (χ1) is 7.29. The van der Waals surface area contributed by atoms with Crippen molar-refractivity contribution >= 4 is 11.6 Å². The molecule has 0 bridgehead atoms. The third-order valence-corrected chi connectivity index (χ3v) is 2.69. The summed E-state index contributed by atoms with van der Waals surface area (Å²) in [4.78, 5) is 10.3. The largest absolute Gasteiger partial charge is 0.384 e. The molecule has 0 spiro atoms. The number of nitrogens with zero attached hydrogens (tertiary/aromatic N) is 3. The van der Waals surface area contributed by atoms with Gasteiger partial charge in [0.2, 0.25) is 0 Å². The Hall–Kier alpha value is -1.36. The average molecular weight is 208 g/mol. The monoisotopic (exact) mass is 208 g/mol. The predicted molar refractivity (Wildman–Crippen MR) is 58.6 cm³/mol. The highest BCUT2D eigenvalue weighted by Gasteiger charge is 2.23. The molecule has 1 unspecified atom stereocenters. The van der Waals surface area contributed by atoms with Gasteiger partial charge in [-0.1, -0.05) is 0 Å². The fourth-order valence-electron chi connectivity index (χ4n) is 1.95. The highest BCUT2D eigenvalue weighted by molar-refractivity contribution is 5.46. The molecule has 5 nitrogen and oxygen atoms in total. The second-order valence-corrected chi connectivity index (χ2v) is 3.86. The van der Waals surface area contributed by atoms with Gasteiger partial charge in [-0.25, -0.2) is 9.97 Å². The Morgan fingerprint density at radius 3 is 3.20 bits per heavy atom. The molecule has 5 heteroatoms. The fourth-order valence-corrected chi connectivity index (χ4v) is 1.95. The van der Waals surface area contributed by atoms with Crippen LogP contribution in [0.4, 0.5) is 11.6 Å². The molecule has 0 aliphatic carbocycles. The van der Waals surface area contributed by atoms with Crippen molar-refractivity contribution in [3.8, 4) is 0 Å². The predicted octanol–water partition coefficient (Wildman–Crippen LogP) is 0.531. The van der Waals surface area contributed by atoms with Crippen molar-refractivity contribution in [1.82, 2.24) is 9.97 Å². The topological polar surface area (TPSA) is 64.3 Å². The Bertz CT molecular complexity index is 331. The van der Waals surface area contributed by atoms with Crippen LogP contribution in [-0.2, 0) is 4.74 Å². The van der Waals surface area contributed by atoms with E-state index in [2.05, 4.69) is 14.9 Å². The van der Waals surface area contributed by atoms with Crippen molar-refractivity contribution in [3.63, 3.8) is 0 Å². The first kappa shape index (κ1) is 10.2. The molecule has 2 N–H and O–H groups in total. The number of rotatable bonds is 3. The first-order valence-corrected chi connectivity index (χ1v) is 5.11. The van der Waals surface area contributed by atoms with Crippen LogP contribution in [0.2, 0.25) is 0 Å². The van der Waals surface area contributed by atoms with Gasteiger partial charge in [0.05, 0.1) is 6.61 Å². The van der Waals surface area contributed by atoms with Gasteiger partial charge in [0.25, 0.3) is 0 Å². The van der Waals surface area contributed by atoms with Crippen LogP contribution in [0.5, 0.6) is 0 Å². The molecular weight excluding hydrogens is 192 g/mol. The second kappa shape index (κ2) is 4.44. The van der Waals surface area contributed by atoms with E-state index in [0.29, 0.717) is 11.7 Å². The van der Waals surface area contributed by atoms with Crippen molar-refractivity contribution in [3.05, 3.63) is 12.4 Å². The molecular formula is C10H16N4O. The number of nitrogen functional groups attached to an aromatic ring is 1. The molecule has 1 aliphatic heterocycles. The summed E-state index contributed by atoms with van der Waals surface area (Å²) in [7, 11) is 1.74. The summed E-state index contributed by atoms with van der Waals surface area (Å²) in [6.07, 6.45) is 2.66. The van der Waals surface area contributed by atoms with Crippen LogP contribution in [0.1, 0.15) is 6.42 Å². The normalized spacial score (nSPS) is 20.9. The summed E-state index contributed by atoms with van der Waals surface area (Å²) in [5.41, 5.74) is 5.62. The molecule has 1 fully saturated rings. The van der Waals surface area contributed by atoms with E-state index >= 15 is 0 Å². The minimum absolute atomic E-state index is 0.523. The zero-order chi connectivity index (χ0) is 10.7. The molecule has 0 radical (unpaired) electrons. The number of aromatic nitrogens is 2. The quantitative estimate of drug-likeness (QED) is 0.785. The summed E-state index contributed by atoms with van der Waals surface area (Å²) in [6.45, 7) is 2.83. The Morgan fingerprint density at radius 1 is 1.60 bits per heavy atom. The average Bonchev–Trinajstić information content (AvgIpc) is 2.67. The van der Waals surface area contributed by atoms with Crippen molar-refractivity contribution in [2.45, 2.75) is 6.42 Å². The van der Waals surface area contributed by atoms with E-state index in [1.54, 1.807) is 7.11 Å². The van der Waals surface area contributed by atoms with Gasteiger partial charge in [-0.2, -0.15) is 0 Å². The van der Waals surface area contributed by atoms with E-state index in [1.165, 1.54) is 6.33 Å². The van der Waals surface area contributed by atoms with Crippen molar-refractivity contribution in [2.24, 2.45) is 5.92 Å². The number of hydrogen-bond donors (Lipinski definition) is 1. The highest BCUT2D eigenvalue weighted by Crippen LogP contribution is 2.22. The smallest absolute Gasteiger partial charge is 0.134 e. The van der Waals surface area contributed by atoms with Crippen molar-refractivity contribution in [1.29, 1.82) is 0 Å².